The van der Waals surface area contributed by atoms with Crippen LogP contribution in [0, 0.1) is 6.92 Å². The maximum absolute atomic E-state index is 11.8. The van der Waals surface area contributed by atoms with Crippen molar-refractivity contribution in [2.75, 3.05) is 6.54 Å². The summed E-state index contributed by atoms with van der Waals surface area (Å²) in [4.78, 5) is 11.8. The van der Waals surface area contributed by atoms with Gasteiger partial charge >= 0.3 is 6.03 Å². The fourth-order valence-corrected chi connectivity index (χ4v) is 1.96. The van der Waals surface area contributed by atoms with Crippen LogP contribution in [-0.4, -0.2) is 33.6 Å². The minimum atomic E-state index is -0.407. The highest BCUT2D eigenvalue weighted by Gasteiger charge is 2.20. The maximum Gasteiger partial charge on any atom is 0.315 e. The van der Waals surface area contributed by atoms with Gasteiger partial charge in [0.2, 0.25) is 0 Å². The van der Waals surface area contributed by atoms with Crippen LogP contribution in [0.2, 0.25) is 0 Å². The molecule has 1 aromatic heterocycles. The number of aliphatic hydroxyl groups is 1. The van der Waals surface area contributed by atoms with Crippen molar-refractivity contribution in [1.82, 2.24) is 20.4 Å². The van der Waals surface area contributed by atoms with Crippen LogP contribution < -0.4 is 10.6 Å². The Hall–Kier alpha value is -1.56. The number of nitrogens with zero attached hydrogens (tertiary/aromatic N) is 2. The predicted molar refractivity (Wildman–Crippen MR) is 83.2 cm³/mol. The Morgan fingerprint density at radius 2 is 2.05 bits per heavy atom. The summed E-state index contributed by atoms with van der Waals surface area (Å²) < 4.78 is 1.92. The lowest BCUT2D eigenvalue weighted by Gasteiger charge is -2.19. The molecular formula is C15H28N4O2. The summed E-state index contributed by atoms with van der Waals surface area (Å²) in [6, 6.07) is -0.348. The van der Waals surface area contributed by atoms with Gasteiger partial charge in [0.1, 0.15) is 0 Å². The number of hydrogen-bond donors (Lipinski definition) is 3. The van der Waals surface area contributed by atoms with Crippen LogP contribution >= 0.6 is 0 Å². The summed E-state index contributed by atoms with van der Waals surface area (Å²) in [7, 11) is 0. The first kappa shape index (κ1) is 17.5. The molecule has 0 saturated carbocycles. The van der Waals surface area contributed by atoms with Gasteiger partial charge in [-0.05, 0) is 48.0 Å². The van der Waals surface area contributed by atoms with Crippen molar-refractivity contribution < 1.29 is 9.90 Å². The van der Waals surface area contributed by atoms with E-state index in [9.17, 15) is 4.79 Å². The number of aromatic nitrogens is 2. The number of aliphatic hydroxyl groups excluding tert-OH is 1. The van der Waals surface area contributed by atoms with E-state index >= 15 is 0 Å². The third kappa shape index (κ3) is 5.38. The van der Waals surface area contributed by atoms with Crippen LogP contribution in [0.3, 0.4) is 0 Å². The van der Waals surface area contributed by atoms with E-state index in [4.69, 9.17) is 5.11 Å². The van der Waals surface area contributed by atoms with E-state index in [1.165, 1.54) is 0 Å². The highest BCUT2D eigenvalue weighted by molar-refractivity contribution is 5.74. The minimum absolute atomic E-state index is 0.0811. The second-order valence-electron chi connectivity index (χ2n) is 6.54. The van der Waals surface area contributed by atoms with Crippen LogP contribution in [0.4, 0.5) is 4.79 Å². The molecule has 1 rings (SSSR count). The first-order valence-corrected chi connectivity index (χ1v) is 7.40. The van der Waals surface area contributed by atoms with E-state index < -0.39 is 6.10 Å². The van der Waals surface area contributed by atoms with E-state index in [1.807, 2.05) is 24.7 Å². The molecule has 0 aromatic carbocycles. The molecule has 1 aromatic rings. The number of urea groups is 1. The quantitative estimate of drug-likeness (QED) is 0.778. The van der Waals surface area contributed by atoms with Gasteiger partial charge in [0.15, 0.2) is 0 Å². The summed E-state index contributed by atoms with van der Waals surface area (Å²) in [6.07, 6.45) is 2.12. The molecule has 6 nitrogen and oxygen atoms in total. The van der Waals surface area contributed by atoms with Gasteiger partial charge in [-0.1, -0.05) is 0 Å². The molecule has 1 heterocycles. The molecule has 0 aliphatic carbocycles. The molecule has 0 saturated heterocycles. The Kier molecular flexibility index (Phi) is 5.78. The van der Waals surface area contributed by atoms with Crippen LogP contribution in [-0.2, 0) is 5.54 Å². The molecule has 120 valence electrons. The number of hydrogen-bond acceptors (Lipinski definition) is 3. The zero-order chi connectivity index (χ0) is 16.2. The van der Waals surface area contributed by atoms with Crippen molar-refractivity contribution in [2.45, 2.75) is 65.6 Å². The molecule has 3 N–H and O–H groups in total. The van der Waals surface area contributed by atoms with Gasteiger partial charge in [-0.2, -0.15) is 5.10 Å². The van der Waals surface area contributed by atoms with Crippen molar-refractivity contribution >= 4 is 6.03 Å². The van der Waals surface area contributed by atoms with Crippen LogP contribution in [0.1, 0.15) is 58.3 Å². The molecule has 6 heteroatoms. The van der Waals surface area contributed by atoms with Crippen molar-refractivity contribution in [2.24, 2.45) is 0 Å². The predicted octanol–water partition coefficient (Wildman–Crippen LogP) is 2.08. The van der Waals surface area contributed by atoms with Gasteiger partial charge in [0, 0.05) is 18.3 Å². The Balaban J connectivity index is 2.61. The van der Waals surface area contributed by atoms with E-state index in [0.717, 1.165) is 11.3 Å². The smallest absolute Gasteiger partial charge is 0.315 e. The number of nitrogens with one attached hydrogen (secondary N) is 2. The lowest BCUT2D eigenvalue weighted by molar-refractivity contribution is 0.183. The van der Waals surface area contributed by atoms with Crippen LogP contribution in [0.5, 0.6) is 0 Å². The largest absolute Gasteiger partial charge is 0.393 e. The lowest BCUT2D eigenvalue weighted by atomic mass is 10.1. The normalized spacial score (nSPS) is 14.6. The SMILES string of the molecule is Cc1nn(C(C)(C)C)cc1[C@H](C)NC(=O)NCC[C@H](C)O. The fraction of sp³-hybridized carbons (Fsp3) is 0.733. The van der Waals surface area contributed by atoms with Gasteiger partial charge in [-0.3, -0.25) is 4.68 Å². The molecule has 2 amide bonds. The first-order valence-electron chi connectivity index (χ1n) is 7.40. The van der Waals surface area contributed by atoms with Gasteiger partial charge in [-0.25, -0.2) is 4.79 Å². The number of amides is 2. The molecule has 0 spiro atoms. The van der Waals surface area contributed by atoms with E-state index in [1.54, 1.807) is 6.92 Å². The summed E-state index contributed by atoms with van der Waals surface area (Å²) in [5.41, 5.74) is 1.85. The van der Waals surface area contributed by atoms with Crippen molar-refractivity contribution in [3.63, 3.8) is 0 Å². The van der Waals surface area contributed by atoms with Gasteiger partial charge in [-0.15, -0.1) is 0 Å². The monoisotopic (exact) mass is 296 g/mol. The molecule has 0 bridgehead atoms. The zero-order valence-electron chi connectivity index (χ0n) is 13.9. The van der Waals surface area contributed by atoms with E-state index in [-0.39, 0.29) is 17.6 Å². The summed E-state index contributed by atoms with van der Waals surface area (Å²) in [5, 5.41) is 19.3. The second-order valence-corrected chi connectivity index (χ2v) is 6.54. The Labute approximate surface area is 126 Å². The van der Waals surface area contributed by atoms with Gasteiger partial charge < -0.3 is 15.7 Å². The minimum Gasteiger partial charge on any atom is -0.393 e. The topological polar surface area (TPSA) is 79.2 Å². The van der Waals surface area contributed by atoms with Crippen molar-refractivity contribution in [3.05, 3.63) is 17.5 Å². The second kappa shape index (κ2) is 6.93. The zero-order valence-corrected chi connectivity index (χ0v) is 13.9. The number of aryl methyl sites for hydroxylation is 1. The standard InChI is InChI=1S/C15H28N4O2/c1-10(20)7-8-16-14(21)17-11(2)13-9-19(15(4,5)6)18-12(13)3/h9-11,20H,7-8H2,1-6H3,(H2,16,17,21)/t10-,11-/m0/s1. The summed E-state index contributed by atoms with van der Waals surface area (Å²) in [5.74, 6) is 0. The lowest BCUT2D eigenvalue weighted by Crippen LogP contribution is -2.38. The van der Waals surface area contributed by atoms with Crippen molar-refractivity contribution in [1.29, 1.82) is 0 Å². The average Bonchev–Trinajstić information content (AvgIpc) is 2.70. The molecule has 0 aliphatic heterocycles. The Morgan fingerprint density at radius 1 is 1.43 bits per heavy atom. The number of carbonyl (C=O) groups excluding carboxylic acids is 1. The maximum atomic E-state index is 11.8. The van der Waals surface area contributed by atoms with Crippen LogP contribution in [0.25, 0.3) is 0 Å². The number of rotatable bonds is 5. The van der Waals surface area contributed by atoms with Crippen LogP contribution in [0.15, 0.2) is 6.20 Å². The highest BCUT2D eigenvalue weighted by Crippen LogP contribution is 2.20. The van der Waals surface area contributed by atoms with Gasteiger partial charge in [0.25, 0.3) is 0 Å². The molecule has 2 atom stereocenters. The third-order valence-corrected chi connectivity index (χ3v) is 3.29. The Morgan fingerprint density at radius 3 is 2.52 bits per heavy atom. The van der Waals surface area contributed by atoms with E-state index in [2.05, 4.69) is 36.5 Å². The summed E-state index contributed by atoms with van der Waals surface area (Å²) in [6.45, 7) is 12.3. The van der Waals surface area contributed by atoms with E-state index in [0.29, 0.717) is 13.0 Å². The first-order chi connectivity index (χ1) is 9.61. The summed E-state index contributed by atoms with van der Waals surface area (Å²) >= 11 is 0. The van der Waals surface area contributed by atoms with Gasteiger partial charge in [0.05, 0.1) is 23.4 Å². The molecular weight excluding hydrogens is 268 g/mol. The molecule has 0 fully saturated rings. The molecule has 0 radical (unpaired) electrons. The fourth-order valence-electron chi connectivity index (χ4n) is 1.96. The third-order valence-electron chi connectivity index (χ3n) is 3.29. The highest BCUT2D eigenvalue weighted by atomic mass is 16.3. The molecule has 0 aliphatic rings. The Bertz CT molecular complexity index is 475. The van der Waals surface area contributed by atoms with Crippen molar-refractivity contribution in [3.8, 4) is 0 Å². The molecule has 21 heavy (non-hydrogen) atoms. The number of carbonyl (C=O) groups is 1. The average molecular weight is 296 g/mol. The molecule has 0 unspecified atom stereocenters.